The van der Waals surface area contributed by atoms with Crippen molar-refractivity contribution in [2.45, 2.75) is 341 Å². The Kier molecular flexibility index (Phi) is 75.8. The van der Waals surface area contributed by atoms with E-state index in [0.29, 0.717) is 38.5 Å². The Morgan fingerprint density at radius 3 is 0.843 bits per heavy atom. The normalized spacial score (nSPS) is 14.6. The van der Waals surface area contributed by atoms with Gasteiger partial charge in [0.05, 0.1) is 26.4 Å². The van der Waals surface area contributed by atoms with Crippen LogP contribution in [-0.4, -0.2) is 96.7 Å². The predicted octanol–water partition coefficient (Wildman–Crippen LogP) is 24.8. The van der Waals surface area contributed by atoms with E-state index in [2.05, 4.69) is 155 Å². The average Bonchev–Trinajstić information content (AvgIpc) is 0.899. The van der Waals surface area contributed by atoms with Gasteiger partial charge in [0.15, 0.2) is 12.2 Å². The largest absolute Gasteiger partial charge is 0.472 e. The number of esters is 4. The molecule has 17 nitrogen and oxygen atoms in total. The summed E-state index contributed by atoms with van der Waals surface area (Å²) in [6.07, 6.45) is 93.8. The van der Waals surface area contributed by atoms with E-state index in [4.69, 9.17) is 37.0 Å². The molecule has 0 aliphatic heterocycles. The Morgan fingerprint density at radius 2 is 0.500 bits per heavy atom. The van der Waals surface area contributed by atoms with Gasteiger partial charge in [-0.15, -0.1) is 0 Å². The zero-order valence-electron chi connectivity index (χ0n) is 67.5. The molecule has 3 N–H and O–H groups in total. The number of hydrogen-bond donors (Lipinski definition) is 3. The minimum Gasteiger partial charge on any atom is -0.462 e. The Hall–Kier alpha value is -5.32. The van der Waals surface area contributed by atoms with Crippen LogP contribution in [0.2, 0.25) is 0 Å². The van der Waals surface area contributed by atoms with Gasteiger partial charge in [-0.05, 0) is 154 Å². The zero-order chi connectivity index (χ0) is 78.9. The number of hydrogen-bond acceptors (Lipinski definition) is 15. The molecule has 5 atom stereocenters. The van der Waals surface area contributed by atoms with Gasteiger partial charge in [-0.1, -0.05) is 301 Å². The zero-order valence-corrected chi connectivity index (χ0v) is 69.3. The number of ether oxygens (including phenoxy) is 4. The van der Waals surface area contributed by atoms with Gasteiger partial charge < -0.3 is 33.8 Å². The molecule has 2 unspecified atom stereocenters. The Labute approximate surface area is 655 Å². The van der Waals surface area contributed by atoms with Crippen LogP contribution in [0.25, 0.3) is 0 Å². The first-order valence-corrected chi connectivity index (χ1v) is 44.7. The highest BCUT2D eigenvalue weighted by Crippen LogP contribution is 2.45. The SMILES string of the molecule is CC/C=C\C/C=C\C/C=C\C/C=C\C/C=C\C/C=C\CCC(=O)O[C@H](COC(=O)CCCCCCCCC/C=C\CCCCCC)COP(=O)(O)OC[C@H](O)COP(=O)(O)OC[C@@H](COC(=O)CC/C=C\C/C=C\C/C=C\C/C=C\C/C=C\CCCCC)OC(=O)CCCCCCCCC/C=C\CCCCCC. The van der Waals surface area contributed by atoms with Gasteiger partial charge in [-0.3, -0.25) is 37.3 Å². The number of phosphoric ester groups is 2. The third kappa shape index (κ3) is 78.8. The molecule has 0 radical (unpaired) electrons. The number of aliphatic hydroxyl groups is 1. The molecule has 0 spiro atoms. The van der Waals surface area contributed by atoms with Crippen LogP contribution in [0.4, 0.5) is 0 Å². The van der Waals surface area contributed by atoms with Crippen LogP contribution < -0.4 is 0 Å². The lowest BCUT2D eigenvalue weighted by Gasteiger charge is -2.21. The lowest BCUT2D eigenvalue weighted by atomic mass is 10.1. The summed E-state index contributed by atoms with van der Waals surface area (Å²) in [6.45, 7) is 4.54. The number of carbonyl (C=O) groups excluding carboxylic acids is 4. The van der Waals surface area contributed by atoms with Crippen molar-refractivity contribution in [3.05, 3.63) is 158 Å². The van der Waals surface area contributed by atoms with Crippen molar-refractivity contribution < 1.29 is 80.2 Å². The van der Waals surface area contributed by atoms with E-state index in [-0.39, 0.29) is 25.7 Å². The Bertz CT molecular complexity index is 2660. The maximum Gasteiger partial charge on any atom is 0.472 e. The number of allylic oxidation sites excluding steroid dienone is 26. The Morgan fingerprint density at radius 1 is 0.269 bits per heavy atom. The number of phosphoric acid groups is 2. The van der Waals surface area contributed by atoms with E-state index in [1.165, 1.54) is 70.6 Å². The smallest absolute Gasteiger partial charge is 0.462 e. The first-order valence-electron chi connectivity index (χ1n) is 41.7. The maximum atomic E-state index is 13.1. The molecule has 0 saturated carbocycles. The van der Waals surface area contributed by atoms with Crippen molar-refractivity contribution in [3.63, 3.8) is 0 Å². The molecule has 616 valence electrons. The summed E-state index contributed by atoms with van der Waals surface area (Å²) >= 11 is 0. The van der Waals surface area contributed by atoms with Crippen LogP contribution in [0.15, 0.2) is 158 Å². The van der Waals surface area contributed by atoms with Gasteiger partial charge in [0.1, 0.15) is 19.3 Å². The van der Waals surface area contributed by atoms with Crippen LogP contribution >= 0.6 is 15.6 Å². The maximum absolute atomic E-state index is 13.1. The molecule has 0 amide bonds. The monoisotopic (exact) mass is 1550 g/mol. The van der Waals surface area contributed by atoms with E-state index in [1.54, 1.807) is 0 Å². The molecule has 108 heavy (non-hydrogen) atoms. The summed E-state index contributed by atoms with van der Waals surface area (Å²) in [6, 6.07) is 0. The van der Waals surface area contributed by atoms with Gasteiger partial charge in [0, 0.05) is 25.7 Å². The van der Waals surface area contributed by atoms with Crippen LogP contribution in [-0.2, 0) is 65.4 Å². The van der Waals surface area contributed by atoms with Crippen molar-refractivity contribution in [2.24, 2.45) is 0 Å². The molecular weight excluding hydrogens is 1400 g/mol. The fourth-order valence-corrected chi connectivity index (χ4v) is 12.2. The van der Waals surface area contributed by atoms with Gasteiger partial charge in [0.2, 0.25) is 0 Å². The minimum absolute atomic E-state index is 0.0319. The van der Waals surface area contributed by atoms with Gasteiger partial charge in [-0.2, -0.15) is 0 Å². The van der Waals surface area contributed by atoms with Crippen LogP contribution in [0.3, 0.4) is 0 Å². The van der Waals surface area contributed by atoms with Crippen molar-refractivity contribution in [2.75, 3.05) is 39.6 Å². The first-order chi connectivity index (χ1) is 52.7. The molecule has 0 saturated heterocycles. The molecule has 0 aromatic carbocycles. The average molecular weight is 1550 g/mol. The first kappa shape index (κ1) is 103. The van der Waals surface area contributed by atoms with E-state index in [0.717, 1.165) is 161 Å². The van der Waals surface area contributed by atoms with Crippen molar-refractivity contribution >= 4 is 39.5 Å². The lowest BCUT2D eigenvalue weighted by Crippen LogP contribution is -2.30. The fraction of sp³-hybridized carbons (Fsp3) is 0.663. The van der Waals surface area contributed by atoms with Gasteiger partial charge in [0.25, 0.3) is 0 Å². The summed E-state index contributed by atoms with van der Waals surface area (Å²) in [5.74, 6) is -2.38. The highest BCUT2D eigenvalue weighted by atomic mass is 31.2. The number of carbonyl (C=O) groups is 4. The van der Waals surface area contributed by atoms with Crippen molar-refractivity contribution in [1.29, 1.82) is 0 Å². The molecule has 0 heterocycles. The summed E-state index contributed by atoms with van der Waals surface area (Å²) < 4.78 is 68.6. The molecule has 0 aromatic heterocycles. The molecule has 0 bridgehead atoms. The molecule has 0 aliphatic rings. The highest BCUT2D eigenvalue weighted by Gasteiger charge is 2.30. The fourth-order valence-electron chi connectivity index (χ4n) is 10.6. The van der Waals surface area contributed by atoms with Crippen LogP contribution in [0.5, 0.6) is 0 Å². The number of rotatable bonds is 77. The molecule has 0 rings (SSSR count). The second-order valence-corrected chi connectivity index (χ2v) is 30.2. The van der Waals surface area contributed by atoms with E-state index in [1.807, 2.05) is 30.4 Å². The van der Waals surface area contributed by atoms with E-state index >= 15 is 0 Å². The quantitative estimate of drug-likeness (QED) is 0.0169. The topological polar surface area (TPSA) is 237 Å². The second kappa shape index (κ2) is 79.8. The summed E-state index contributed by atoms with van der Waals surface area (Å²) in [7, 11) is -10.0. The minimum atomic E-state index is -5.01. The molecule has 0 aliphatic carbocycles. The number of aliphatic hydroxyl groups excluding tert-OH is 1. The Balaban J connectivity index is 5.51. The van der Waals surface area contributed by atoms with Crippen LogP contribution in [0, 0.1) is 0 Å². The van der Waals surface area contributed by atoms with Gasteiger partial charge in [-0.25, -0.2) is 9.13 Å². The highest BCUT2D eigenvalue weighted by molar-refractivity contribution is 7.47. The summed E-state index contributed by atoms with van der Waals surface area (Å²) in [5.41, 5.74) is 0. The standard InChI is InChI=1S/C89H148O17P2/c1-5-9-13-17-21-25-29-33-37-39-41-43-47-50-54-58-62-66-70-74-87(92)100-80-84(105-88(93)75-71-67-63-59-55-51-46-36-32-28-24-20-16-12-8-4)81-103-107(95,96)101-77-83(90)78-102-108(97,98)104-82-85(79-99-86(91)73-69-65-61-57-53-49-45-35-31-27-23-19-15-11-7-3)106-89(94)76-72-68-64-60-56-52-48-44-42-40-38-34-30-26-22-18-14-10-6-2/h10,14,21-22,25-28,31-34,37-38,41-44,50,52,54,56,62,64,66,68,83-85,90H,5-9,11-13,15-20,23-24,29-30,35-36,39-40,45-49,51,53,55,57-61,63,65,67,69-82H2,1-4H3,(H,95,96)(H,97,98)/b14-10-,25-21-,26-22-,31-27-,32-28-,37-33-,38-34-,43-41-,44-42-,54-50-,56-52-,66-62-,68-64-/t83-,84-,85-/m1/s1. The van der Waals surface area contributed by atoms with Crippen molar-refractivity contribution in [1.82, 2.24) is 0 Å². The molecular formula is C89H148O17P2. The summed E-state index contributed by atoms with van der Waals surface area (Å²) in [5, 5.41) is 10.7. The van der Waals surface area contributed by atoms with Gasteiger partial charge >= 0.3 is 39.5 Å². The van der Waals surface area contributed by atoms with Crippen LogP contribution in [0.1, 0.15) is 323 Å². The molecule has 0 fully saturated rings. The number of unbranched alkanes of at least 4 members (excludes halogenated alkanes) is 25. The molecule has 19 heteroatoms. The summed E-state index contributed by atoms with van der Waals surface area (Å²) in [4.78, 5) is 73.1. The predicted molar refractivity (Wildman–Crippen MR) is 445 cm³/mol. The van der Waals surface area contributed by atoms with Crippen molar-refractivity contribution in [3.8, 4) is 0 Å². The van der Waals surface area contributed by atoms with E-state index in [9.17, 15) is 43.2 Å². The third-order valence-electron chi connectivity index (χ3n) is 17.0. The second-order valence-electron chi connectivity index (χ2n) is 27.3. The van der Waals surface area contributed by atoms with E-state index < -0.39 is 97.5 Å². The molecule has 0 aromatic rings. The third-order valence-corrected chi connectivity index (χ3v) is 18.9. The lowest BCUT2D eigenvalue weighted by molar-refractivity contribution is -0.161.